The number of carboxylic acids is 1. The lowest BCUT2D eigenvalue weighted by atomic mass is 9.95. The van der Waals surface area contributed by atoms with E-state index in [0.29, 0.717) is 6.42 Å². The van der Waals surface area contributed by atoms with Gasteiger partial charge in [0, 0.05) is 6.04 Å². The van der Waals surface area contributed by atoms with Gasteiger partial charge in [-0.25, -0.2) is 0 Å². The third-order valence-corrected chi connectivity index (χ3v) is 3.66. The zero-order valence-electron chi connectivity index (χ0n) is 10.2. The molecule has 4 nitrogen and oxygen atoms in total. The standard InChI is InChI=1S/C12H23NO3/c1-3-12(2,11(15)16)13-9-7-5-4-6-8-10(9)14/h9-10,13-14H,3-8H2,1-2H3,(H,15,16). The van der Waals surface area contributed by atoms with E-state index < -0.39 is 17.6 Å². The first kappa shape index (κ1) is 13.5. The van der Waals surface area contributed by atoms with Gasteiger partial charge in [-0.15, -0.1) is 0 Å². The molecule has 0 spiro atoms. The molecule has 0 aromatic rings. The van der Waals surface area contributed by atoms with Crippen LogP contribution >= 0.6 is 0 Å². The van der Waals surface area contributed by atoms with E-state index in [0.717, 1.165) is 32.1 Å². The van der Waals surface area contributed by atoms with Crippen molar-refractivity contribution >= 4 is 5.97 Å². The minimum Gasteiger partial charge on any atom is -0.480 e. The smallest absolute Gasteiger partial charge is 0.323 e. The van der Waals surface area contributed by atoms with Crippen molar-refractivity contribution in [1.29, 1.82) is 0 Å². The molecule has 0 aromatic carbocycles. The number of aliphatic hydroxyl groups excluding tert-OH is 1. The molecule has 1 fully saturated rings. The van der Waals surface area contributed by atoms with Crippen LogP contribution in [0.4, 0.5) is 0 Å². The van der Waals surface area contributed by atoms with Gasteiger partial charge < -0.3 is 10.2 Å². The second-order valence-corrected chi connectivity index (χ2v) is 4.95. The lowest BCUT2D eigenvalue weighted by Gasteiger charge is -2.32. The summed E-state index contributed by atoms with van der Waals surface area (Å²) >= 11 is 0. The number of carboxylic acid groups (broad SMARTS) is 1. The Kier molecular flexibility index (Phi) is 4.74. The predicted octanol–water partition coefficient (Wildman–Crippen LogP) is 1.52. The molecule has 1 rings (SSSR count). The molecule has 0 saturated heterocycles. The summed E-state index contributed by atoms with van der Waals surface area (Å²) in [5.41, 5.74) is -0.921. The first-order valence-electron chi connectivity index (χ1n) is 6.19. The van der Waals surface area contributed by atoms with Crippen LogP contribution in [-0.4, -0.2) is 33.9 Å². The summed E-state index contributed by atoms with van der Waals surface area (Å²) in [6.45, 7) is 3.54. The number of hydrogen-bond donors (Lipinski definition) is 3. The van der Waals surface area contributed by atoms with Crippen LogP contribution in [0.3, 0.4) is 0 Å². The predicted molar refractivity (Wildman–Crippen MR) is 62.3 cm³/mol. The number of aliphatic carboxylic acids is 1. The Labute approximate surface area is 97.0 Å². The van der Waals surface area contributed by atoms with Gasteiger partial charge in [-0.05, 0) is 26.2 Å². The molecule has 0 heterocycles. The number of hydrogen-bond acceptors (Lipinski definition) is 3. The molecular formula is C12H23NO3. The van der Waals surface area contributed by atoms with Crippen molar-refractivity contribution in [3.8, 4) is 0 Å². The van der Waals surface area contributed by atoms with Crippen LogP contribution in [0.5, 0.6) is 0 Å². The summed E-state index contributed by atoms with van der Waals surface area (Å²) in [5.74, 6) is -0.841. The summed E-state index contributed by atoms with van der Waals surface area (Å²) in [6, 6.07) is -0.0800. The quantitative estimate of drug-likeness (QED) is 0.639. The van der Waals surface area contributed by atoms with Gasteiger partial charge in [0.25, 0.3) is 0 Å². The van der Waals surface area contributed by atoms with Crippen LogP contribution in [0.2, 0.25) is 0 Å². The highest BCUT2D eigenvalue weighted by atomic mass is 16.4. The topological polar surface area (TPSA) is 69.6 Å². The molecule has 4 heteroatoms. The van der Waals surface area contributed by atoms with E-state index >= 15 is 0 Å². The third kappa shape index (κ3) is 3.19. The molecule has 0 amide bonds. The second kappa shape index (κ2) is 5.64. The zero-order chi connectivity index (χ0) is 12.2. The van der Waals surface area contributed by atoms with Gasteiger partial charge in [-0.3, -0.25) is 10.1 Å². The molecule has 3 unspecified atom stereocenters. The molecule has 0 aromatic heterocycles. The summed E-state index contributed by atoms with van der Waals surface area (Å²) in [6.07, 6.45) is 4.98. The Balaban J connectivity index is 2.65. The summed E-state index contributed by atoms with van der Waals surface area (Å²) < 4.78 is 0. The van der Waals surface area contributed by atoms with E-state index in [4.69, 9.17) is 0 Å². The van der Waals surface area contributed by atoms with Gasteiger partial charge in [0.15, 0.2) is 0 Å². The van der Waals surface area contributed by atoms with Crippen LogP contribution in [0.15, 0.2) is 0 Å². The molecule has 1 aliphatic rings. The fourth-order valence-corrected chi connectivity index (χ4v) is 2.18. The van der Waals surface area contributed by atoms with Crippen LogP contribution in [0.1, 0.15) is 52.4 Å². The van der Waals surface area contributed by atoms with Crippen molar-refractivity contribution in [3.63, 3.8) is 0 Å². The largest absolute Gasteiger partial charge is 0.480 e. The Morgan fingerprint density at radius 2 is 2.00 bits per heavy atom. The molecule has 0 radical (unpaired) electrons. The molecular weight excluding hydrogens is 206 g/mol. The minimum absolute atomic E-state index is 0.0800. The van der Waals surface area contributed by atoms with Gasteiger partial charge in [-0.2, -0.15) is 0 Å². The summed E-state index contributed by atoms with van der Waals surface area (Å²) in [4.78, 5) is 11.2. The highest BCUT2D eigenvalue weighted by Gasteiger charge is 2.35. The second-order valence-electron chi connectivity index (χ2n) is 4.95. The SMILES string of the molecule is CCC(C)(NC1CCCCCC1O)C(=O)O. The van der Waals surface area contributed by atoms with Crippen molar-refractivity contribution in [2.75, 3.05) is 0 Å². The zero-order valence-corrected chi connectivity index (χ0v) is 10.2. The van der Waals surface area contributed by atoms with Crippen LogP contribution in [-0.2, 0) is 4.79 Å². The van der Waals surface area contributed by atoms with Crippen molar-refractivity contribution in [2.24, 2.45) is 0 Å². The summed E-state index contributed by atoms with van der Waals surface area (Å²) in [7, 11) is 0. The highest BCUT2D eigenvalue weighted by Crippen LogP contribution is 2.21. The number of carbonyl (C=O) groups is 1. The van der Waals surface area contributed by atoms with Gasteiger partial charge in [0.05, 0.1) is 6.10 Å². The maximum absolute atomic E-state index is 11.2. The Hall–Kier alpha value is -0.610. The van der Waals surface area contributed by atoms with Crippen LogP contribution in [0, 0.1) is 0 Å². The molecule has 3 N–H and O–H groups in total. The van der Waals surface area contributed by atoms with Crippen molar-refractivity contribution < 1.29 is 15.0 Å². The highest BCUT2D eigenvalue weighted by molar-refractivity contribution is 5.78. The fraction of sp³-hybridized carbons (Fsp3) is 0.917. The van der Waals surface area contributed by atoms with E-state index in [1.54, 1.807) is 6.92 Å². The van der Waals surface area contributed by atoms with Crippen molar-refractivity contribution in [1.82, 2.24) is 5.32 Å². The third-order valence-electron chi connectivity index (χ3n) is 3.66. The Morgan fingerprint density at radius 3 is 2.56 bits per heavy atom. The monoisotopic (exact) mass is 229 g/mol. The van der Waals surface area contributed by atoms with Crippen LogP contribution in [0.25, 0.3) is 0 Å². The number of rotatable bonds is 4. The normalized spacial score (nSPS) is 30.4. The molecule has 1 saturated carbocycles. The van der Waals surface area contributed by atoms with E-state index in [1.165, 1.54) is 0 Å². The van der Waals surface area contributed by atoms with Crippen molar-refractivity contribution in [3.05, 3.63) is 0 Å². The molecule has 0 bridgehead atoms. The minimum atomic E-state index is -0.921. The summed E-state index contributed by atoms with van der Waals surface area (Å²) in [5, 5.41) is 22.2. The van der Waals surface area contributed by atoms with E-state index in [9.17, 15) is 15.0 Å². The first-order chi connectivity index (χ1) is 7.49. The maximum Gasteiger partial charge on any atom is 0.323 e. The molecule has 0 aliphatic heterocycles. The Bertz CT molecular complexity index is 244. The van der Waals surface area contributed by atoms with Gasteiger partial charge >= 0.3 is 5.97 Å². The number of aliphatic hydroxyl groups is 1. The van der Waals surface area contributed by atoms with Gasteiger partial charge in [0.1, 0.15) is 5.54 Å². The molecule has 3 atom stereocenters. The van der Waals surface area contributed by atoms with E-state index in [2.05, 4.69) is 5.32 Å². The molecule has 16 heavy (non-hydrogen) atoms. The average Bonchev–Trinajstić information content (AvgIpc) is 2.44. The molecule has 1 aliphatic carbocycles. The first-order valence-corrected chi connectivity index (χ1v) is 6.19. The van der Waals surface area contributed by atoms with Gasteiger partial charge in [0.2, 0.25) is 0 Å². The van der Waals surface area contributed by atoms with E-state index in [-0.39, 0.29) is 6.04 Å². The average molecular weight is 229 g/mol. The number of nitrogens with one attached hydrogen (secondary N) is 1. The Morgan fingerprint density at radius 1 is 1.38 bits per heavy atom. The van der Waals surface area contributed by atoms with Gasteiger partial charge in [-0.1, -0.05) is 26.2 Å². The molecule has 94 valence electrons. The maximum atomic E-state index is 11.2. The fourth-order valence-electron chi connectivity index (χ4n) is 2.18. The van der Waals surface area contributed by atoms with E-state index in [1.807, 2.05) is 6.92 Å². The lowest BCUT2D eigenvalue weighted by Crippen LogP contribution is -2.56. The van der Waals surface area contributed by atoms with Crippen LogP contribution < -0.4 is 5.32 Å². The van der Waals surface area contributed by atoms with Crippen molar-refractivity contribution in [2.45, 2.75) is 70.1 Å². The lowest BCUT2D eigenvalue weighted by molar-refractivity contribution is -0.145.